The first kappa shape index (κ1) is 15.7. The van der Waals surface area contributed by atoms with Crippen LogP contribution in [0.2, 0.25) is 0 Å². The van der Waals surface area contributed by atoms with Gasteiger partial charge in [0.25, 0.3) is 0 Å². The zero-order valence-corrected chi connectivity index (χ0v) is 12.1. The maximum atomic E-state index is 11.7. The van der Waals surface area contributed by atoms with Crippen LogP contribution < -0.4 is 5.32 Å². The molecule has 1 atom stereocenters. The Morgan fingerprint density at radius 2 is 2.16 bits per heavy atom. The Hall–Kier alpha value is -1.36. The van der Waals surface area contributed by atoms with Crippen molar-refractivity contribution >= 4 is 5.91 Å². The lowest BCUT2D eigenvalue weighted by Crippen LogP contribution is -2.36. The summed E-state index contributed by atoms with van der Waals surface area (Å²) in [6.45, 7) is 8.27. The van der Waals surface area contributed by atoms with Crippen molar-refractivity contribution in [2.45, 2.75) is 46.2 Å². The molecule has 1 rings (SSSR count). The van der Waals surface area contributed by atoms with Crippen LogP contribution in [-0.4, -0.2) is 34.9 Å². The molecule has 5 heteroatoms. The van der Waals surface area contributed by atoms with E-state index in [9.17, 15) is 4.79 Å². The van der Waals surface area contributed by atoms with Crippen LogP contribution >= 0.6 is 0 Å². The number of amides is 1. The number of carbonyl (C=O) groups is 1. The van der Waals surface area contributed by atoms with Gasteiger partial charge in [0, 0.05) is 38.0 Å². The standard InChI is InChI=1S/C14H25N3O2/c1-12(2)10-19-11-13(3)16-14(18)6-4-8-17-9-5-7-15-17/h5,7,9,12-13H,4,6,8,10-11H2,1-3H3,(H,16,18). The molecule has 1 aromatic heterocycles. The van der Waals surface area contributed by atoms with E-state index in [0.29, 0.717) is 18.9 Å². The third-order valence-corrected chi connectivity index (χ3v) is 2.58. The lowest BCUT2D eigenvalue weighted by Gasteiger charge is -2.15. The van der Waals surface area contributed by atoms with Crippen LogP contribution in [0.4, 0.5) is 0 Å². The smallest absolute Gasteiger partial charge is 0.220 e. The van der Waals surface area contributed by atoms with E-state index in [1.165, 1.54) is 0 Å². The molecule has 0 aliphatic rings. The fraction of sp³-hybridized carbons (Fsp3) is 0.714. The van der Waals surface area contributed by atoms with Crippen molar-refractivity contribution in [2.75, 3.05) is 13.2 Å². The Balaban J connectivity index is 2.06. The van der Waals surface area contributed by atoms with Gasteiger partial charge in [0.2, 0.25) is 5.91 Å². The second-order valence-electron chi connectivity index (χ2n) is 5.27. The highest BCUT2D eigenvalue weighted by Crippen LogP contribution is 1.97. The SMILES string of the molecule is CC(C)COCC(C)NC(=O)CCCn1cccn1. The van der Waals surface area contributed by atoms with Gasteiger partial charge in [0.05, 0.1) is 6.61 Å². The number of hydrogen-bond acceptors (Lipinski definition) is 3. The first-order valence-corrected chi connectivity index (χ1v) is 6.92. The lowest BCUT2D eigenvalue weighted by molar-refractivity contribution is -0.122. The van der Waals surface area contributed by atoms with E-state index in [1.54, 1.807) is 6.20 Å². The van der Waals surface area contributed by atoms with Gasteiger partial charge in [-0.25, -0.2) is 0 Å². The number of rotatable bonds is 9. The molecule has 0 aromatic carbocycles. The minimum absolute atomic E-state index is 0.0657. The molecule has 1 heterocycles. The summed E-state index contributed by atoms with van der Waals surface area (Å²) in [5.41, 5.74) is 0. The molecule has 0 spiro atoms. The van der Waals surface area contributed by atoms with Crippen molar-refractivity contribution in [3.05, 3.63) is 18.5 Å². The molecule has 0 aliphatic heterocycles. The fourth-order valence-corrected chi connectivity index (χ4v) is 1.70. The maximum absolute atomic E-state index is 11.7. The summed E-state index contributed by atoms with van der Waals surface area (Å²) in [5, 5.41) is 7.04. The van der Waals surface area contributed by atoms with E-state index < -0.39 is 0 Å². The van der Waals surface area contributed by atoms with E-state index in [2.05, 4.69) is 24.3 Å². The van der Waals surface area contributed by atoms with Gasteiger partial charge in [-0.15, -0.1) is 0 Å². The van der Waals surface area contributed by atoms with E-state index in [-0.39, 0.29) is 11.9 Å². The van der Waals surface area contributed by atoms with Crippen molar-refractivity contribution < 1.29 is 9.53 Å². The predicted octanol–water partition coefficient (Wildman–Crippen LogP) is 1.84. The van der Waals surface area contributed by atoms with Crippen molar-refractivity contribution in [1.29, 1.82) is 0 Å². The van der Waals surface area contributed by atoms with Crippen molar-refractivity contribution in [3.63, 3.8) is 0 Å². The molecule has 1 N–H and O–H groups in total. The van der Waals surface area contributed by atoms with Gasteiger partial charge in [0.1, 0.15) is 0 Å². The quantitative estimate of drug-likeness (QED) is 0.743. The monoisotopic (exact) mass is 267 g/mol. The molecule has 19 heavy (non-hydrogen) atoms. The van der Waals surface area contributed by atoms with Gasteiger partial charge in [-0.05, 0) is 25.3 Å². The molecule has 0 bridgehead atoms. The second kappa shape index (κ2) is 8.69. The molecule has 0 saturated heterocycles. The number of aryl methyl sites for hydroxylation is 1. The Bertz CT molecular complexity index is 350. The molecule has 0 fully saturated rings. The normalized spacial score (nSPS) is 12.6. The summed E-state index contributed by atoms with van der Waals surface area (Å²) in [5.74, 6) is 0.602. The van der Waals surface area contributed by atoms with Gasteiger partial charge >= 0.3 is 0 Å². The largest absolute Gasteiger partial charge is 0.379 e. The topological polar surface area (TPSA) is 56.1 Å². The molecule has 1 aromatic rings. The van der Waals surface area contributed by atoms with E-state index in [1.807, 2.05) is 23.9 Å². The van der Waals surface area contributed by atoms with Crippen LogP contribution in [0.3, 0.4) is 0 Å². The number of ether oxygens (including phenoxy) is 1. The van der Waals surface area contributed by atoms with Crippen molar-refractivity contribution in [2.24, 2.45) is 5.92 Å². The molecule has 1 amide bonds. The summed E-state index contributed by atoms with van der Waals surface area (Å²) in [4.78, 5) is 11.7. The Labute approximate surface area is 115 Å². The first-order chi connectivity index (χ1) is 9.08. The number of aromatic nitrogens is 2. The Morgan fingerprint density at radius 1 is 1.37 bits per heavy atom. The third kappa shape index (κ3) is 7.62. The summed E-state index contributed by atoms with van der Waals surface area (Å²) < 4.78 is 7.33. The zero-order chi connectivity index (χ0) is 14.1. The van der Waals surface area contributed by atoms with Gasteiger partial charge in [-0.3, -0.25) is 9.48 Å². The summed E-state index contributed by atoms with van der Waals surface area (Å²) in [7, 11) is 0. The van der Waals surface area contributed by atoms with Gasteiger partial charge in [-0.2, -0.15) is 5.10 Å². The fourth-order valence-electron chi connectivity index (χ4n) is 1.70. The average molecular weight is 267 g/mol. The molecule has 0 saturated carbocycles. The Kier molecular flexibility index (Phi) is 7.18. The van der Waals surface area contributed by atoms with Crippen LogP contribution in [0.15, 0.2) is 18.5 Å². The first-order valence-electron chi connectivity index (χ1n) is 6.92. The van der Waals surface area contributed by atoms with E-state index in [0.717, 1.165) is 19.6 Å². The van der Waals surface area contributed by atoms with Crippen LogP contribution in [0.25, 0.3) is 0 Å². The number of hydrogen-bond donors (Lipinski definition) is 1. The lowest BCUT2D eigenvalue weighted by atomic mass is 10.2. The minimum atomic E-state index is 0.0657. The second-order valence-corrected chi connectivity index (χ2v) is 5.27. The highest BCUT2D eigenvalue weighted by atomic mass is 16.5. The molecule has 108 valence electrons. The highest BCUT2D eigenvalue weighted by molar-refractivity contribution is 5.76. The molecular weight excluding hydrogens is 242 g/mol. The van der Waals surface area contributed by atoms with Crippen LogP contribution in [0, 0.1) is 5.92 Å². The molecule has 0 aliphatic carbocycles. The van der Waals surface area contributed by atoms with Gasteiger partial charge < -0.3 is 10.1 Å². The number of nitrogens with one attached hydrogen (secondary N) is 1. The Morgan fingerprint density at radius 3 is 2.79 bits per heavy atom. The molecule has 0 radical (unpaired) electrons. The van der Waals surface area contributed by atoms with Crippen molar-refractivity contribution in [1.82, 2.24) is 15.1 Å². The van der Waals surface area contributed by atoms with E-state index >= 15 is 0 Å². The number of carbonyl (C=O) groups excluding carboxylic acids is 1. The predicted molar refractivity (Wildman–Crippen MR) is 74.7 cm³/mol. The van der Waals surface area contributed by atoms with Gasteiger partial charge in [0.15, 0.2) is 0 Å². The van der Waals surface area contributed by atoms with Gasteiger partial charge in [-0.1, -0.05) is 13.8 Å². The highest BCUT2D eigenvalue weighted by Gasteiger charge is 2.07. The van der Waals surface area contributed by atoms with Crippen LogP contribution in [0.1, 0.15) is 33.6 Å². The van der Waals surface area contributed by atoms with Crippen LogP contribution in [-0.2, 0) is 16.1 Å². The number of nitrogens with zero attached hydrogens (tertiary/aromatic N) is 2. The minimum Gasteiger partial charge on any atom is -0.379 e. The average Bonchev–Trinajstić information content (AvgIpc) is 2.81. The summed E-state index contributed by atoms with van der Waals surface area (Å²) >= 11 is 0. The maximum Gasteiger partial charge on any atom is 0.220 e. The molecule has 5 nitrogen and oxygen atoms in total. The summed E-state index contributed by atoms with van der Waals surface area (Å²) in [6.07, 6.45) is 4.97. The zero-order valence-electron chi connectivity index (χ0n) is 12.1. The molecule has 1 unspecified atom stereocenters. The molecular formula is C14H25N3O2. The van der Waals surface area contributed by atoms with Crippen molar-refractivity contribution in [3.8, 4) is 0 Å². The summed E-state index contributed by atoms with van der Waals surface area (Å²) in [6, 6.07) is 1.95. The third-order valence-electron chi connectivity index (χ3n) is 2.58. The van der Waals surface area contributed by atoms with E-state index in [4.69, 9.17) is 4.74 Å². The van der Waals surface area contributed by atoms with Crippen LogP contribution in [0.5, 0.6) is 0 Å².